The van der Waals surface area contributed by atoms with Crippen LogP contribution in [0.15, 0.2) is 46.9 Å². The molecule has 4 rings (SSSR count). The zero-order valence-corrected chi connectivity index (χ0v) is 24.3. The highest BCUT2D eigenvalue weighted by molar-refractivity contribution is 6.38. The van der Waals surface area contributed by atoms with E-state index in [0.29, 0.717) is 63.2 Å². The molecule has 0 bridgehead atoms. The van der Waals surface area contributed by atoms with Crippen LogP contribution in [0, 0.1) is 0 Å². The highest BCUT2D eigenvalue weighted by Gasteiger charge is 2.16. The molecular formula is C28H23Cl4NO8. The number of ether oxygens (including phenoxy) is 3. The molecule has 216 valence electrons. The number of nitrogens with zero attached hydrogens (tertiary/aromatic N) is 1. The average molecular weight is 643 g/mol. The molecule has 0 saturated heterocycles. The van der Waals surface area contributed by atoms with Gasteiger partial charge >= 0.3 is 11.9 Å². The molecule has 3 aromatic carbocycles. The summed E-state index contributed by atoms with van der Waals surface area (Å²) in [5.74, 6) is -1.11. The van der Waals surface area contributed by atoms with E-state index < -0.39 is 11.9 Å². The van der Waals surface area contributed by atoms with E-state index in [0.717, 1.165) is 0 Å². The van der Waals surface area contributed by atoms with Crippen LogP contribution in [0.1, 0.15) is 28.8 Å². The summed E-state index contributed by atoms with van der Waals surface area (Å²) in [7, 11) is 0. The second kappa shape index (κ2) is 14.1. The molecule has 1 aromatic heterocycles. The molecule has 41 heavy (non-hydrogen) atoms. The molecule has 0 aliphatic rings. The van der Waals surface area contributed by atoms with Crippen LogP contribution < -0.4 is 9.47 Å². The fraction of sp³-hybridized carbons (Fsp3) is 0.250. The lowest BCUT2D eigenvalue weighted by molar-refractivity contribution is -0.136. The summed E-state index contributed by atoms with van der Waals surface area (Å²) in [4.78, 5) is 26.3. The summed E-state index contributed by atoms with van der Waals surface area (Å²) >= 11 is 25.3. The van der Waals surface area contributed by atoms with Crippen molar-refractivity contribution in [3.05, 3.63) is 73.7 Å². The molecule has 9 nitrogen and oxygen atoms in total. The number of hydrogen-bond donors (Lipinski definition) is 2. The van der Waals surface area contributed by atoms with Crippen LogP contribution in [0.2, 0.25) is 20.1 Å². The SMILES string of the molecule is O=C(O)CCc1cc(Cl)c(OCCOCCCOc2c(Cl)cc(-c3nc4ccc(C(=O)O)cc4o3)cc2Cl)c(Cl)c1. The third-order valence-electron chi connectivity index (χ3n) is 5.72. The van der Waals surface area contributed by atoms with Gasteiger partial charge in [-0.2, -0.15) is 0 Å². The number of hydrogen-bond acceptors (Lipinski definition) is 7. The Bertz CT molecular complexity index is 1530. The number of aromatic nitrogens is 1. The van der Waals surface area contributed by atoms with E-state index in [1.165, 1.54) is 12.1 Å². The average Bonchev–Trinajstić information content (AvgIpc) is 3.35. The predicted molar refractivity (Wildman–Crippen MR) is 155 cm³/mol. The molecule has 2 N–H and O–H groups in total. The lowest BCUT2D eigenvalue weighted by Gasteiger charge is -2.13. The Hall–Kier alpha value is -3.21. The molecule has 0 aliphatic carbocycles. The number of aryl methyl sites for hydroxylation is 1. The second-order valence-corrected chi connectivity index (χ2v) is 10.3. The van der Waals surface area contributed by atoms with Gasteiger partial charge in [0.2, 0.25) is 5.89 Å². The molecule has 0 amide bonds. The van der Waals surface area contributed by atoms with Crippen LogP contribution in [-0.4, -0.2) is 53.6 Å². The van der Waals surface area contributed by atoms with E-state index in [1.807, 2.05) is 0 Å². The molecule has 1 heterocycles. The number of fused-ring (bicyclic) bond motifs is 1. The monoisotopic (exact) mass is 641 g/mol. The van der Waals surface area contributed by atoms with Crippen molar-refractivity contribution >= 4 is 69.4 Å². The van der Waals surface area contributed by atoms with Crippen molar-refractivity contribution in [1.82, 2.24) is 4.98 Å². The van der Waals surface area contributed by atoms with Crippen molar-refractivity contribution < 1.29 is 38.4 Å². The Morgan fingerprint density at radius 2 is 1.44 bits per heavy atom. The standard InChI is InChI=1S/C28H23Cl4NO8/c29-18-10-15(2-5-24(34)35)11-19(30)25(18)40-9-8-38-6-1-7-39-26-20(31)12-17(13-21(26)32)27-33-22-4-3-16(28(36)37)14-23(22)41-27/h3-4,10-14H,1-2,5-9H2,(H,34,35)(H,36,37). The smallest absolute Gasteiger partial charge is 0.335 e. The van der Waals surface area contributed by atoms with Crippen LogP contribution in [0.5, 0.6) is 11.5 Å². The lowest BCUT2D eigenvalue weighted by Crippen LogP contribution is -2.10. The van der Waals surface area contributed by atoms with Gasteiger partial charge in [-0.25, -0.2) is 9.78 Å². The van der Waals surface area contributed by atoms with Gasteiger partial charge < -0.3 is 28.8 Å². The molecular weight excluding hydrogens is 620 g/mol. The van der Waals surface area contributed by atoms with Gasteiger partial charge in [0.15, 0.2) is 17.1 Å². The Balaban J connectivity index is 1.22. The van der Waals surface area contributed by atoms with E-state index in [-0.39, 0.29) is 47.7 Å². The first-order valence-corrected chi connectivity index (χ1v) is 13.8. The third-order valence-corrected chi connectivity index (χ3v) is 6.84. The number of benzene rings is 3. The lowest BCUT2D eigenvalue weighted by atomic mass is 10.1. The first-order valence-electron chi connectivity index (χ1n) is 12.3. The molecule has 0 radical (unpaired) electrons. The highest BCUT2D eigenvalue weighted by Crippen LogP contribution is 2.38. The highest BCUT2D eigenvalue weighted by atomic mass is 35.5. The number of aromatic carboxylic acids is 1. The number of carboxylic acids is 2. The minimum Gasteiger partial charge on any atom is -0.490 e. The molecule has 0 atom stereocenters. The van der Waals surface area contributed by atoms with Crippen molar-refractivity contribution in [3.8, 4) is 23.0 Å². The zero-order valence-electron chi connectivity index (χ0n) is 21.3. The number of carbonyl (C=O) groups is 2. The van der Waals surface area contributed by atoms with Crippen LogP contribution >= 0.6 is 46.4 Å². The minimum absolute atomic E-state index is 0.0215. The van der Waals surface area contributed by atoms with Crippen LogP contribution in [0.25, 0.3) is 22.6 Å². The second-order valence-electron chi connectivity index (χ2n) is 8.72. The fourth-order valence-electron chi connectivity index (χ4n) is 3.79. The first-order chi connectivity index (χ1) is 19.6. The molecule has 0 fully saturated rings. The minimum atomic E-state index is -1.07. The van der Waals surface area contributed by atoms with Crippen molar-refractivity contribution in [1.29, 1.82) is 0 Å². The van der Waals surface area contributed by atoms with Gasteiger partial charge in [0.1, 0.15) is 12.1 Å². The van der Waals surface area contributed by atoms with E-state index in [9.17, 15) is 9.59 Å². The van der Waals surface area contributed by atoms with Crippen molar-refractivity contribution in [2.24, 2.45) is 0 Å². The van der Waals surface area contributed by atoms with E-state index in [1.54, 1.807) is 30.3 Å². The van der Waals surface area contributed by atoms with Crippen LogP contribution in [0.4, 0.5) is 0 Å². The van der Waals surface area contributed by atoms with Crippen molar-refractivity contribution in [2.45, 2.75) is 19.3 Å². The van der Waals surface area contributed by atoms with E-state index in [4.69, 9.17) is 75.2 Å². The third kappa shape index (κ3) is 8.18. The summed E-state index contributed by atoms with van der Waals surface area (Å²) in [6.45, 7) is 1.16. The van der Waals surface area contributed by atoms with Gasteiger partial charge in [-0.05, 0) is 54.4 Å². The molecule has 0 aliphatic heterocycles. The quantitative estimate of drug-likeness (QED) is 0.133. The number of halogens is 4. The Morgan fingerprint density at radius 1 is 0.805 bits per heavy atom. The maximum Gasteiger partial charge on any atom is 0.335 e. The summed E-state index contributed by atoms with van der Waals surface area (Å²) in [5.41, 5.74) is 2.14. The number of oxazole rings is 1. The van der Waals surface area contributed by atoms with Crippen molar-refractivity contribution in [2.75, 3.05) is 26.4 Å². The van der Waals surface area contributed by atoms with E-state index >= 15 is 0 Å². The van der Waals surface area contributed by atoms with Gasteiger partial charge in [-0.3, -0.25) is 4.79 Å². The molecule has 0 unspecified atom stereocenters. The fourth-order valence-corrected chi connectivity index (χ4v) is 5.03. The zero-order chi connectivity index (χ0) is 29.5. The largest absolute Gasteiger partial charge is 0.490 e. The van der Waals surface area contributed by atoms with Crippen LogP contribution in [-0.2, 0) is 16.0 Å². The van der Waals surface area contributed by atoms with Gasteiger partial charge in [0, 0.05) is 25.0 Å². The van der Waals surface area contributed by atoms with Crippen molar-refractivity contribution in [3.63, 3.8) is 0 Å². The molecule has 0 saturated carbocycles. The van der Waals surface area contributed by atoms with Gasteiger partial charge in [0.05, 0.1) is 38.9 Å². The number of carboxylic acid groups (broad SMARTS) is 2. The predicted octanol–water partition coefficient (Wildman–Crippen LogP) is 7.69. The normalized spacial score (nSPS) is 11.1. The Morgan fingerprint density at radius 3 is 2.07 bits per heavy atom. The first kappa shape index (κ1) is 30.7. The van der Waals surface area contributed by atoms with Crippen LogP contribution in [0.3, 0.4) is 0 Å². The number of rotatable bonds is 14. The van der Waals surface area contributed by atoms with Gasteiger partial charge in [-0.1, -0.05) is 46.4 Å². The summed E-state index contributed by atoms with van der Waals surface area (Å²) in [6.07, 6.45) is 0.841. The number of aliphatic carboxylic acids is 1. The Kier molecular flexibility index (Phi) is 10.6. The molecule has 0 spiro atoms. The van der Waals surface area contributed by atoms with Gasteiger partial charge in [-0.15, -0.1) is 0 Å². The maximum absolute atomic E-state index is 11.2. The molecule has 4 aromatic rings. The Labute approximate surface area is 254 Å². The molecule has 13 heteroatoms. The summed E-state index contributed by atoms with van der Waals surface area (Å²) < 4.78 is 22.7. The van der Waals surface area contributed by atoms with E-state index in [2.05, 4.69) is 4.98 Å². The maximum atomic E-state index is 11.2. The van der Waals surface area contributed by atoms with Gasteiger partial charge in [0.25, 0.3) is 0 Å². The summed E-state index contributed by atoms with van der Waals surface area (Å²) in [5, 5.41) is 19.1. The summed E-state index contributed by atoms with van der Waals surface area (Å²) in [6, 6.07) is 10.9. The topological polar surface area (TPSA) is 128 Å².